The van der Waals surface area contributed by atoms with Gasteiger partial charge >= 0.3 is 0 Å². The zero-order chi connectivity index (χ0) is 12.5. The Morgan fingerprint density at radius 1 is 1.50 bits per heavy atom. The number of aromatic nitrogens is 1. The average molecular weight is 247 g/mol. The largest absolute Gasteiger partial charge is 0.464 e. The van der Waals surface area contributed by atoms with Crippen molar-refractivity contribution in [2.45, 2.75) is 19.1 Å². The Labute approximate surface area is 106 Å². The van der Waals surface area contributed by atoms with E-state index in [1.165, 1.54) is 0 Å². The Morgan fingerprint density at radius 2 is 2.39 bits per heavy atom. The van der Waals surface area contributed by atoms with Gasteiger partial charge in [-0.15, -0.1) is 0 Å². The molecule has 0 amide bonds. The summed E-state index contributed by atoms with van der Waals surface area (Å²) in [6, 6.07) is 4.13. The molecule has 5 heteroatoms. The molecule has 0 bridgehead atoms. The summed E-state index contributed by atoms with van der Waals surface area (Å²) in [6.45, 7) is 4.12. The summed E-state index contributed by atoms with van der Waals surface area (Å²) in [4.78, 5) is 6.74. The van der Waals surface area contributed by atoms with Crippen molar-refractivity contribution in [2.75, 3.05) is 24.6 Å². The summed E-state index contributed by atoms with van der Waals surface area (Å²) in [7, 11) is 0. The first-order valence-electron chi connectivity index (χ1n) is 6.20. The van der Waals surface area contributed by atoms with Crippen LogP contribution in [0.2, 0.25) is 0 Å². The predicted molar refractivity (Wildman–Crippen MR) is 69.6 cm³/mol. The maximum absolute atomic E-state index is 5.69. The third-order valence-corrected chi connectivity index (χ3v) is 3.40. The van der Waals surface area contributed by atoms with Gasteiger partial charge in [0.2, 0.25) is 0 Å². The van der Waals surface area contributed by atoms with Gasteiger partial charge in [-0.05, 0) is 19.1 Å². The van der Waals surface area contributed by atoms with E-state index in [4.69, 9.17) is 14.9 Å². The molecule has 1 saturated heterocycles. The van der Waals surface area contributed by atoms with E-state index in [2.05, 4.69) is 16.8 Å². The standard InChI is InChI=1S/C13H17N3O2/c1-9-8-18-10(6-14)7-16(9)13-11-3-5-17-12(11)2-4-15-13/h2-5,9-10H,6-8,14H2,1H3. The van der Waals surface area contributed by atoms with Crippen molar-refractivity contribution in [3.63, 3.8) is 0 Å². The van der Waals surface area contributed by atoms with Gasteiger partial charge in [-0.2, -0.15) is 0 Å². The Kier molecular flexibility index (Phi) is 2.93. The van der Waals surface area contributed by atoms with Crippen molar-refractivity contribution in [1.82, 2.24) is 4.98 Å². The second-order valence-corrected chi connectivity index (χ2v) is 4.66. The van der Waals surface area contributed by atoms with Crippen LogP contribution in [0, 0.1) is 0 Å². The molecule has 5 nitrogen and oxygen atoms in total. The third kappa shape index (κ3) is 1.85. The minimum absolute atomic E-state index is 0.0742. The first kappa shape index (κ1) is 11.5. The SMILES string of the molecule is CC1COC(CN)CN1c1nccc2occc12. The van der Waals surface area contributed by atoms with Gasteiger partial charge in [-0.25, -0.2) is 4.98 Å². The Balaban J connectivity index is 1.99. The van der Waals surface area contributed by atoms with E-state index in [0.717, 1.165) is 23.3 Å². The molecule has 1 aliphatic heterocycles. The minimum Gasteiger partial charge on any atom is -0.464 e. The number of nitrogens with two attached hydrogens (primary N) is 1. The number of morpholine rings is 1. The van der Waals surface area contributed by atoms with Gasteiger partial charge in [-0.3, -0.25) is 0 Å². The molecule has 1 fully saturated rings. The zero-order valence-corrected chi connectivity index (χ0v) is 10.4. The van der Waals surface area contributed by atoms with Gasteiger partial charge in [0.05, 0.1) is 30.4 Å². The van der Waals surface area contributed by atoms with Crippen molar-refractivity contribution in [3.8, 4) is 0 Å². The van der Waals surface area contributed by atoms with E-state index in [1.807, 2.05) is 12.1 Å². The molecule has 2 unspecified atom stereocenters. The maximum Gasteiger partial charge on any atom is 0.140 e. The molecule has 18 heavy (non-hydrogen) atoms. The first-order chi connectivity index (χ1) is 8.79. The molecule has 2 atom stereocenters. The van der Waals surface area contributed by atoms with E-state index >= 15 is 0 Å². The second-order valence-electron chi connectivity index (χ2n) is 4.66. The monoisotopic (exact) mass is 247 g/mol. The number of furan rings is 1. The number of ether oxygens (including phenoxy) is 1. The summed E-state index contributed by atoms with van der Waals surface area (Å²) in [5.41, 5.74) is 6.55. The van der Waals surface area contributed by atoms with E-state index in [1.54, 1.807) is 12.5 Å². The Bertz CT molecular complexity index is 540. The average Bonchev–Trinajstić information content (AvgIpc) is 2.87. The normalized spacial score (nSPS) is 24.7. The molecule has 2 aromatic rings. The number of fused-ring (bicyclic) bond motifs is 1. The minimum atomic E-state index is 0.0742. The fourth-order valence-electron chi connectivity index (χ4n) is 2.36. The molecule has 3 rings (SSSR count). The molecule has 0 aromatic carbocycles. The lowest BCUT2D eigenvalue weighted by Crippen LogP contribution is -2.51. The van der Waals surface area contributed by atoms with E-state index < -0.39 is 0 Å². The fourth-order valence-corrected chi connectivity index (χ4v) is 2.36. The summed E-state index contributed by atoms with van der Waals surface area (Å²) in [6.07, 6.45) is 3.55. The smallest absolute Gasteiger partial charge is 0.140 e. The molecule has 0 aliphatic carbocycles. The lowest BCUT2D eigenvalue weighted by atomic mass is 10.1. The van der Waals surface area contributed by atoms with Gasteiger partial charge in [0.1, 0.15) is 11.4 Å². The van der Waals surface area contributed by atoms with E-state index in [-0.39, 0.29) is 6.10 Å². The molecule has 0 saturated carbocycles. The van der Waals surface area contributed by atoms with Gasteiger partial charge in [0.25, 0.3) is 0 Å². The third-order valence-electron chi connectivity index (χ3n) is 3.40. The van der Waals surface area contributed by atoms with Crippen LogP contribution >= 0.6 is 0 Å². The Hall–Kier alpha value is -1.59. The number of anilines is 1. The van der Waals surface area contributed by atoms with Crippen LogP contribution in [-0.2, 0) is 4.74 Å². The molecule has 96 valence electrons. The highest BCUT2D eigenvalue weighted by molar-refractivity contribution is 5.88. The lowest BCUT2D eigenvalue weighted by Gasteiger charge is -2.38. The van der Waals surface area contributed by atoms with Crippen LogP contribution in [0.5, 0.6) is 0 Å². The van der Waals surface area contributed by atoms with Gasteiger partial charge in [0.15, 0.2) is 0 Å². The molecule has 2 N–H and O–H groups in total. The van der Waals surface area contributed by atoms with Crippen molar-refractivity contribution < 1.29 is 9.15 Å². The second kappa shape index (κ2) is 4.59. The maximum atomic E-state index is 5.69. The molecule has 3 heterocycles. The van der Waals surface area contributed by atoms with Crippen molar-refractivity contribution in [2.24, 2.45) is 5.73 Å². The fraction of sp³-hybridized carbons (Fsp3) is 0.462. The van der Waals surface area contributed by atoms with Crippen LogP contribution in [0.4, 0.5) is 5.82 Å². The molecule has 0 spiro atoms. The zero-order valence-electron chi connectivity index (χ0n) is 10.4. The summed E-state index contributed by atoms with van der Waals surface area (Å²) >= 11 is 0. The van der Waals surface area contributed by atoms with Crippen molar-refractivity contribution in [3.05, 3.63) is 24.6 Å². The summed E-state index contributed by atoms with van der Waals surface area (Å²) < 4.78 is 11.1. The predicted octanol–water partition coefficient (Wildman–Crippen LogP) is 1.38. The topological polar surface area (TPSA) is 64.5 Å². The van der Waals surface area contributed by atoms with Crippen LogP contribution in [-0.4, -0.2) is 36.8 Å². The van der Waals surface area contributed by atoms with Crippen LogP contribution in [0.3, 0.4) is 0 Å². The highest BCUT2D eigenvalue weighted by Gasteiger charge is 2.27. The first-order valence-corrected chi connectivity index (χ1v) is 6.20. The molecule has 2 aromatic heterocycles. The van der Waals surface area contributed by atoms with Crippen LogP contribution in [0.25, 0.3) is 11.0 Å². The highest BCUT2D eigenvalue weighted by atomic mass is 16.5. The van der Waals surface area contributed by atoms with Crippen LogP contribution in [0.15, 0.2) is 29.0 Å². The number of rotatable bonds is 2. The quantitative estimate of drug-likeness (QED) is 0.868. The van der Waals surface area contributed by atoms with Gasteiger partial charge in [0, 0.05) is 19.3 Å². The van der Waals surface area contributed by atoms with Crippen LogP contribution in [0.1, 0.15) is 6.92 Å². The van der Waals surface area contributed by atoms with Crippen LogP contribution < -0.4 is 10.6 Å². The molecule has 1 aliphatic rings. The number of hydrogen-bond donors (Lipinski definition) is 1. The van der Waals surface area contributed by atoms with E-state index in [9.17, 15) is 0 Å². The highest BCUT2D eigenvalue weighted by Crippen LogP contribution is 2.28. The van der Waals surface area contributed by atoms with Gasteiger partial charge in [-0.1, -0.05) is 0 Å². The molecular weight excluding hydrogens is 230 g/mol. The summed E-state index contributed by atoms with van der Waals surface area (Å²) in [5, 5.41) is 1.04. The van der Waals surface area contributed by atoms with Crippen molar-refractivity contribution in [1.29, 1.82) is 0 Å². The summed E-state index contributed by atoms with van der Waals surface area (Å²) in [5.74, 6) is 0.954. The Morgan fingerprint density at radius 3 is 3.22 bits per heavy atom. The van der Waals surface area contributed by atoms with E-state index in [0.29, 0.717) is 19.2 Å². The molecule has 0 radical (unpaired) electrons. The number of nitrogens with zero attached hydrogens (tertiary/aromatic N) is 2. The lowest BCUT2D eigenvalue weighted by molar-refractivity contribution is 0.0281. The number of pyridine rings is 1. The number of hydrogen-bond acceptors (Lipinski definition) is 5. The van der Waals surface area contributed by atoms with Crippen molar-refractivity contribution >= 4 is 16.8 Å². The molecular formula is C13H17N3O2. The van der Waals surface area contributed by atoms with Gasteiger partial charge < -0.3 is 19.8 Å².